The number of aromatic nitrogens is 1. The molecule has 10 heteroatoms. The third kappa shape index (κ3) is 6.51. The maximum absolute atomic E-state index is 13.9. The molecule has 0 saturated carbocycles. The number of rotatable bonds is 5. The topological polar surface area (TPSA) is 81.6 Å². The van der Waals surface area contributed by atoms with Gasteiger partial charge in [0, 0.05) is 38.1 Å². The van der Waals surface area contributed by atoms with Gasteiger partial charge in [0.2, 0.25) is 5.91 Å². The van der Waals surface area contributed by atoms with E-state index in [9.17, 15) is 13.6 Å². The van der Waals surface area contributed by atoms with Crippen molar-refractivity contribution in [1.29, 1.82) is 0 Å². The summed E-state index contributed by atoms with van der Waals surface area (Å²) in [6, 6.07) is 8.67. The van der Waals surface area contributed by atoms with Crippen molar-refractivity contribution < 1.29 is 13.6 Å². The molecule has 3 rings (SSSR count). The van der Waals surface area contributed by atoms with Crippen LogP contribution in [0, 0.1) is 11.6 Å². The quantitative estimate of drug-likeness (QED) is 0.323. The van der Waals surface area contributed by atoms with Crippen molar-refractivity contribution in [3.8, 4) is 0 Å². The Morgan fingerprint density at radius 3 is 2.86 bits per heavy atom. The van der Waals surface area contributed by atoms with Gasteiger partial charge in [-0.05, 0) is 36.8 Å². The third-order valence-corrected chi connectivity index (χ3v) is 4.32. The summed E-state index contributed by atoms with van der Waals surface area (Å²) in [7, 11) is 1.60. The van der Waals surface area contributed by atoms with Gasteiger partial charge in [-0.1, -0.05) is 6.07 Å². The van der Waals surface area contributed by atoms with E-state index in [-0.39, 0.29) is 48.3 Å². The number of nitrogens with one attached hydrogen (secondary N) is 3. The maximum atomic E-state index is 13.9. The average molecular weight is 516 g/mol. The van der Waals surface area contributed by atoms with Gasteiger partial charge in [0.25, 0.3) is 0 Å². The van der Waals surface area contributed by atoms with Crippen LogP contribution in [0.4, 0.5) is 20.3 Å². The zero-order valence-corrected chi connectivity index (χ0v) is 18.2. The summed E-state index contributed by atoms with van der Waals surface area (Å²) in [5, 5.41) is 8.75. The summed E-state index contributed by atoms with van der Waals surface area (Å²) < 4.78 is 27.0. The van der Waals surface area contributed by atoms with Gasteiger partial charge in [-0.3, -0.25) is 9.79 Å². The molecule has 1 unspecified atom stereocenters. The molecule has 0 spiro atoms. The molecule has 0 radical (unpaired) electrons. The third-order valence-electron chi connectivity index (χ3n) is 4.32. The van der Waals surface area contributed by atoms with Crippen molar-refractivity contribution in [2.75, 3.05) is 36.9 Å². The Bertz CT molecular complexity index is 866. The molecular weight excluding hydrogens is 493 g/mol. The Morgan fingerprint density at radius 1 is 1.31 bits per heavy atom. The van der Waals surface area contributed by atoms with Crippen LogP contribution in [0.3, 0.4) is 0 Å². The second kappa shape index (κ2) is 10.9. The highest BCUT2D eigenvalue weighted by molar-refractivity contribution is 14.0. The second-order valence-electron chi connectivity index (χ2n) is 6.37. The van der Waals surface area contributed by atoms with E-state index in [0.29, 0.717) is 30.6 Å². The number of benzene rings is 1. The molecule has 3 N–H and O–H groups in total. The number of hydrogen-bond donors (Lipinski definition) is 3. The Morgan fingerprint density at radius 2 is 2.14 bits per heavy atom. The molecule has 1 aliphatic heterocycles. The summed E-state index contributed by atoms with van der Waals surface area (Å²) >= 11 is 0. The molecule has 1 aromatic carbocycles. The Labute approximate surface area is 185 Å². The fourth-order valence-corrected chi connectivity index (χ4v) is 3.00. The van der Waals surface area contributed by atoms with Crippen LogP contribution >= 0.6 is 24.0 Å². The molecule has 2 aromatic rings. The second-order valence-corrected chi connectivity index (χ2v) is 6.37. The molecule has 2 heterocycles. The van der Waals surface area contributed by atoms with E-state index in [4.69, 9.17) is 0 Å². The van der Waals surface area contributed by atoms with E-state index in [1.54, 1.807) is 25.4 Å². The van der Waals surface area contributed by atoms with Crippen molar-refractivity contribution in [2.24, 2.45) is 4.99 Å². The van der Waals surface area contributed by atoms with Crippen molar-refractivity contribution in [3.63, 3.8) is 0 Å². The number of anilines is 2. The molecular formula is C19H23F2IN6O. The normalized spacial score (nSPS) is 16.2. The first-order valence-corrected chi connectivity index (χ1v) is 8.93. The van der Waals surface area contributed by atoms with Gasteiger partial charge >= 0.3 is 0 Å². The highest BCUT2D eigenvalue weighted by Gasteiger charge is 2.26. The van der Waals surface area contributed by atoms with E-state index < -0.39 is 5.82 Å². The van der Waals surface area contributed by atoms with E-state index in [0.717, 1.165) is 6.42 Å². The van der Waals surface area contributed by atoms with Gasteiger partial charge in [-0.15, -0.1) is 24.0 Å². The number of pyridine rings is 1. The summed E-state index contributed by atoms with van der Waals surface area (Å²) in [6.07, 6.45) is 2.35. The van der Waals surface area contributed by atoms with Crippen molar-refractivity contribution in [2.45, 2.75) is 12.5 Å². The largest absolute Gasteiger partial charge is 0.352 e. The van der Waals surface area contributed by atoms with Gasteiger partial charge in [-0.2, -0.15) is 0 Å². The van der Waals surface area contributed by atoms with Crippen molar-refractivity contribution in [3.05, 3.63) is 54.2 Å². The number of halogens is 3. The van der Waals surface area contributed by atoms with Crippen LogP contribution in [0.15, 0.2) is 47.6 Å². The fourth-order valence-electron chi connectivity index (χ4n) is 3.00. The molecule has 0 aliphatic carbocycles. The number of hydrogen-bond acceptors (Lipinski definition) is 4. The van der Waals surface area contributed by atoms with E-state index in [1.807, 2.05) is 4.90 Å². The number of aliphatic imine (C=N–C) groups is 1. The monoisotopic (exact) mass is 516 g/mol. The van der Waals surface area contributed by atoms with Gasteiger partial charge in [0.15, 0.2) is 17.6 Å². The lowest BCUT2D eigenvalue weighted by atomic mass is 10.3. The molecule has 1 saturated heterocycles. The number of carbonyl (C=O) groups excluding carboxylic acids is 1. The molecule has 0 bridgehead atoms. The number of nitrogens with zero attached hydrogens (tertiary/aromatic N) is 3. The van der Waals surface area contributed by atoms with Crippen LogP contribution in [0.5, 0.6) is 0 Å². The first kappa shape index (κ1) is 22.8. The number of guanidine groups is 1. The summed E-state index contributed by atoms with van der Waals surface area (Å²) in [6.45, 7) is 1.22. The van der Waals surface area contributed by atoms with Crippen LogP contribution in [0.2, 0.25) is 0 Å². The SMILES string of the molecule is CN=C(NCC(=O)Nc1cccc(F)c1)NC1CCN(c2ncccc2F)C1.I. The Hall–Kier alpha value is -2.50. The van der Waals surface area contributed by atoms with E-state index >= 15 is 0 Å². The lowest BCUT2D eigenvalue weighted by Crippen LogP contribution is -2.46. The zero-order chi connectivity index (χ0) is 19.9. The van der Waals surface area contributed by atoms with Gasteiger partial charge in [0.1, 0.15) is 5.82 Å². The minimum absolute atomic E-state index is 0. The number of amides is 1. The first-order chi connectivity index (χ1) is 13.5. The smallest absolute Gasteiger partial charge is 0.243 e. The Kier molecular flexibility index (Phi) is 8.55. The van der Waals surface area contributed by atoms with E-state index in [2.05, 4.69) is 25.9 Å². The molecule has 1 fully saturated rings. The zero-order valence-electron chi connectivity index (χ0n) is 15.9. The molecule has 1 atom stereocenters. The summed E-state index contributed by atoms with van der Waals surface area (Å²) in [4.78, 5) is 22.1. The minimum Gasteiger partial charge on any atom is -0.352 e. The Balaban J connectivity index is 0.00000300. The predicted molar refractivity (Wildman–Crippen MR) is 120 cm³/mol. The van der Waals surface area contributed by atoms with Crippen LogP contribution in [-0.4, -0.2) is 49.6 Å². The first-order valence-electron chi connectivity index (χ1n) is 8.93. The predicted octanol–water partition coefficient (Wildman–Crippen LogP) is 2.36. The summed E-state index contributed by atoms with van der Waals surface area (Å²) in [5.41, 5.74) is 0.388. The lowest BCUT2D eigenvalue weighted by molar-refractivity contribution is -0.115. The molecule has 7 nitrogen and oxygen atoms in total. The number of carbonyl (C=O) groups is 1. The van der Waals surface area contributed by atoms with Crippen molar-refractivity contribution >= 4 is 47.3 Å². The van der Waals surface area contributed by atoms with E-state index in [1.165, 1.54) is 24.3 Å². The molecule has 1 amide bonds. The van der Waals surface area contributed by atoms with Crippen LogP contribution in [0.25, 0.3) is 0 Å². The highest BCUT2D eigenvalue weighted by atomic mass is 127. The molecule has 1 aromatic heterocycles. The maximum Gasteiger partial charge on any atom is 0.243 e. The molecule has 156 valence electrons. The lowest BCUT2D eigenvalue weighted by Gasteiger charge is -2.19. The van der Waals surface area contributed by atoms with Gasteiger partial charge in [-0.25, -0.2) is 13.8 Å². The van der Waals surface area contributed by atoms with Crippen LogP contribution < -0.4 is 20.9 Å². The van der Waals surface area contributed by atoms with Crippen LogP contribution in [-0.2, 0) is 4.79 Å². The van der Waals surface area contributed by atoms with Gasteiger partial charge < -0.3 is 20.9 Å². The fraction of sp³-hybridized carbons (Fsp3) is 0.316. The summed E-state index contributed by atoms with van der Waals surface area (Å²) in [5.74, 6) is -0.290. The minimum atomic E-state index is -0.418. The van der Waals surface area contributed by atoms with Gasteiger partial charge in [0.05, 0.1) is 6.54 Å². The molecule has 29 heavy (non-hydrogen) atoms. The molecule has 1 aliphatic rings. The average Bonchev–Trinajstić information content (AvgIpc) is 3.13. The standard InChI is InChI=1S/C19H22F2N6O.HI/c1-22-19(24-11-17(28)25-14-5-2-4-13(20)10-14)26-15-7-9-27(12-15)18-16(21)6-3-8-23-18;/h2-6,8,10,15H,7,9,11-12H2,1H3,(H,25,28)(H2,22,24,26);1H. The van der Waals surface area contributed by atoms with Crippen LogP contribution in [0.1, 0.15) is 6.42 Å². The van der Waals surface area contributed by atoms with Crippen molar-refractivity contribution in [1.82, 2.24) is 15.6 Å². The highest BCUT2D eigenvalue weighted by Crippen LogP contribution is 2.20.